The monoisotopic (exact) mass is 390 g/mol. The number of aliphatic hydroxyl groups excluding tert-OH is 1. The second-order valence-electron chi connectivity index (χ2n) is 7.00. The van der Waals surface area contributed by atoms with Crippen molar-refractivity contribution in [2.24, 2.45) is 0 Å². The summed E-state index contributed by atoms with van der Waals surface area (Å²) in [6, 6.07) is 13.3. The normalized spacial score (nSPS) is 14.6. The molecule has 2 aromatic carbocycles. The average Bonchev–Trinajstić information content (AvgIpc) is 2.64. The molecule has 6 heteroatoms. The van der Waals surface area contributed by atoms with Gasteiger partial charge in [0.2, 0.25) is 0 Å². The first-order valence-electron chi connectivity index (χ1n) is 9.14. The predicted molar refractivity (Wildman–Crippen MR) is 112 cm³/mol. The van der Waals surface area contributed by atoms with E-state index in [-0.39, 0.29) is 11.8 Å². The quantitative estimate of drug-likeness (QED) is 0.574. The summed E-state index contributed by atoms with van der Waals surface area (Å²) >= 11 is -1.30. The summed E-state index contributed by atoms with van der Waals surface area (Å²) in [5.74, 6) is -0.00708. The first-order valence-corrected chi connectivity index (χ1v) is 10.7. The van der Waals surface area contributed by atoms with Crippen molar-refractivity contribution >= 4 is 16.9 Å². The molecule has 148 valence electrons. The molecule has 0 aliphatic carbocycles. The highest BCUT2D eigenvalue weighted by molar-refractivity contribution is 7.90. The van der Waals surface area contributed by atoms with Gasteiger partial charge in [0.15, 0.2) is 10.6 Å². The minimum Gasteiger partial charge on any atom is -0.612 e. The van der Waals surface area contributed by atoms with Gasteiger partial charge in [-0.05, 0) is 54.7 Å². The largest absolute Gasteiger partial charge is 0.612 e. The Labute approximate surface area is 165 Å². The van der Waals surface area contributed by atoms with Crippen LogP contribution in [0.3, 0.4) is 0 Å². The van der Waals surface area contributed by atoms with Gasteiger partial charge in [0.25, 0.3) is 0 Å². The Hall–Kier alpha value is -1.73. The topological polar surface area (TPSA) is 78.8 Å². The zero-order valence-corrected chi connectivity index (χ0v) is 17.3. The maximum atomic E-state index is 11.6. The molecule has 0 aliphatic heterocycles. The molecule has 0 saturated carbocycles. The molecule has 2 aromatic rings. The fourth-order valence-corrected chi connectivity index (χ4v) is 3.67. The number of anilines is 1. The number of phenols is 1. The van der Waals surface area contributed by atoms with E-state index >= 15 is 0 Å². The smallest absolute Gasteiger partial charge is 0.194 e. The third-order valence-electron chi connectivity index (χ3n) is 4.76. The number of nitrogens with one attached hydrogen (secondary N) is 1. The summed E-state index contributed by atoms with van der Waals surface area (Å²) in [4.78, 5) is 2.59. The zero-order chi connectivity index (χ0) is 20.0. The van der Waals surface area contributed by atoms with Gasteiger partial charge in [-0.2, -0.15) is 0 Å². The van der Waals surface area contributed by atoms with E-state index in [1.54, 1.807) is 12.1 Å². The van der Waals surface area contributed by atoms with Gasteiger partial charge >= 0.3 is 0 Å². The van der Waals surface area contributed by atoms with Gasteiger partial charge in [-0.25, -0.2) is 0 Å². The molecule has 3 N–H and O–H groups in total. The zero-order valence-electron chi connectivity index (χ0n) is 16.5. The highest BCUT2D eigenvalue weighted by Gasteiger charge is 2.16. The van der Waals surface area contributed by atoms with E-state index in [0.717, 1.165) is 13.0 Å². The van der Waals surface area contributed by atoms with Crippen molar-refractivity contribution in [3.05, 3.63) is 53.6 Å². The van der Waals surface area contributed by atoms with Crippen LogP contribution in [0.4, 0.5) is 5.69 Å². The Morgan fingerprint density at radius 1 is 1.22 bits per heavy atom. The Morgan fingerprint density at radius 3 is 2.59 bits per heavy atom. The van der Waals surface area contributed by atoms with Gasteiger partial charge in [-0.1, -0.05) is 24.3 Å². The van der Waals surface area contributed by atoms with E-state index in [2.05, 4.69) is 43.2 Å². The SMILES string of the molecule is Cc1ccccc1N(C)CCC(C)NCC(O)c1ccc(O)c([S+](C)[O-])c1. The Balaban J connectivity index is 1.84. The van der Waals surface area contributed by atoms with Crippen LogP contribution < -0.4 is 10.2 Å². The first kappa shape index (κ1) is 21.6. The Kier molecular flexibility index (Phi) is 7.98. The number of aromatic hydroxyl groups is 1. The van der Waals surface area contributed by atoms with E-state index in [0.29, 0.717) is 17.0 Å². The van der Waals surface area contributed by atoms with Crippen LogP contribution in [0, 0.1) is 6.92 Å². The standard InChI is InChI=1S/C21H30N2O3S/c1-15-7-5-6-8-18(15)23(3)12-11-16(2)22-14-20(25)17-9-10-19(24)21(13-17)27(4)26/h5-10,13,16,20,22,24-25H,11-12,14H2,1-4H3. The molecule has 5 nitrogen and oxygen atoms in total. The highest BCUT2D eigenvalue weighted by Crippen LogP contribution is 2.26. The molecule has 0 radical (unpaired) electrons. The maximum absolute atomic E-state index is 11.6. The molecular formula is C21H30N2O3S. The summed E-state index contributed by atoms with van der Waals surface area (Å²) in [7, 11) is 2.09. The molecule has 0 fully saturated rings. The summed E-state index contributed by atoms with van der Waals surface area (Å²) in [5, 5.41) is 23.5. The lowest BCUT2D eigenvalue weighted by Crippen LogP contribution is -2.33. The molecule has 0 aliphatic rings. The van der Waals surface area contributed by atoms with Crippen LogP contribution >= 0.6 is 0 Å². The lowest BCUT2D eigenvalue weighted by Gasteiger charge is -2.24. The first-order chi connectivity index (χ1) is 12.8. The van der Waals surface area contributed by atoms with E-state index in [9.17, 15) is 14.8 Å². The molecule has 0 heterocycles. The van der Waals surface area contributed by atoms with Crippen molar-refractivity contribution in [3.8, 4) is 5.75 Å². The molecule has 3 unspecified atom stereocenters. The van der Waals surface area contributed by atoms with Crippen molar-refractivity contribution in [1.82, 2.24) is 5.32 Å². The van der Waals surface area contributed by atoms with E-state index in [4.69, 9.17) is 0 Å². The summed E-state index contributed by atoms with van der Waals surface area (Å²) in [6.45, 7) is 5.52. The number of phenolic OH excluding ortho intramolecular Hbond substituents is 1. The number of nitrogens with zero attached hydrogens (tertiary/aromatic N) is 1. The van der Waals surface area contributed by atoms with Gasteiger partial charge in [-0.3, -0.25) is 0 Å². The minimum absolute atomic E-state index is 0.00708. The van der Waals surface area contributed by atoms with Crippen LogP contribution in [0.5, 0.6) is 5.75 Å². The minimum atomic E-state index is -1.30. The van der Waals surface area contributed by atoms with Crippen molar-refractivity contribution in [3.63, 3.8) is 0 Å². The van der Waals surface area contributed by atoms with Crippen molar-refractivity contribution < 1.29 is 14.8 Å². The molecule has 0 bridgehead atoms. The fraction of sp³-hybridized carbons (Fsp3) is 0.429. The molecule has 0 amide bonds. The van der Waals surface area contributed by atoms with Gasteiger partial charge in [-0.15, -0.1) is 0 Å². The summed E-state index contributed by atoms with van der Waals surface area (Å²) < 4.78 is 11.6. The molecule has 0 saturated heterocycles. The number of aliphatic hydroxyl groups is 1. The summed E-state index contributed by atoms with van der Waals surface area (Å²) in [6.07, 6.45) is 1.73. The van der Waals surface area contributed by atoms with Crippen LogP contribution in [0.1, 0.15) is 30.6 Å². The third kappa shape index (κ3) is 6.14. The maximum Gasteiger partial charge on any atom is 0.194 e. The molecule has 27 heavy (non-hydrogen) atoms. The van der Waals surface area contributed by atoms with E-state index in [1.165, 1.54) is 23.6 Å². The van der Waals surface area contributed by atoms with Gasteiger partial charge < -0.3 is 25.0 Å². The Morgan fingerprint density at radius 2 is 1.93 bits per heavy atom. The van der Waals surface area contributed by atoms with Gasteiger partial charge in [0.05, 0.1) is 6.10 Å². The molecule has 0 spiro atoms. The van der Waals surface area contributed by atoms with Crippen LogP contribution in [0.25, 0.3) is 0 Å². The van der Waals surface area contributed by atoms with Gasteiger partial charge in [0.1, 0.15) is 6.26 Å². The van der Waals surface area contributed by atoms with Crippen molar-refractivity contribution in [2.75, 3.05) is 31.3 Å². The second kappa shape index (κ2) is 9.99. The summed E-state index contributed by atoms with van der Waals surface area (Å²) in [5.41, 5.74) is 3.14. The number of rotatable bonds is 9. The van der Waals surface area contributed by atoms with Gasteiger partial charge in [0, 0.05) is 37.9 Å². The number of benzene rings is 2. The van der Waals surface area contributed by atoms with Crippen molar-refractivity contribution in [1.29, 1.82) is 0 Å². The predicted octanol–water partition coefficient (Wildman–Crippen LogP) is 2.98. The van der Waals surface area contributed by atoms with Crippen molar-refractivity contribution in [2.45, 2.75) is 37.3 Å². The molecule has 0 aromatic heterocycles. The second-order valence-corrected chi connectivity index (χ2v) is 8.35. The number of aryl methyl sites for hydroxylation is 1. The number of hydrogen-bond acceptors (Lipinski definition) is 5. The van der Waals surface area contributed by atoms with Crippen LogP contribution in [0.15, 0.2) is 47.4 Å². The lowest BCUT2D eigenvalue weighted by molar-refractivity contribution is 0.170. The highest BCUT2D eigenvalue weighted by atomic mass is 32.2. The fourth-order valence-electron chi connectivity index (χ4n) is 3.00. The number of hydrogen-bond donors (Lipinski definition) is 3. The number of para-hydroxylation sites is 1. The average molecular weight is 391 g/mol. The Bertz CT molecular complexity index is 739. The van der Waals surface area contributed by atoms with E-state index < -0.39 is 17.3 Å². The van der Waals surface area contributed by atoms with E-state index in [1.807, 2.05) is 12.1 Å². The molecular weight excluding hydrogens is 360 g/mol. The molecule has 3 atom stereocenters. The van der Waals surface area contributed by atoms with Crippen LogP contribution in [-0.4, -0.2) is 47.2 Å². The molecule has 2 rings (SSSR count). The third-order valence-corrected chi connectivity index (χ3v) is 5.71. The lowest BCUT2D eigenvalue weighted by atomic mass is 10.1. The van der Waals surface area contributed by atoms with Crippen LogP contribution in [0.2, 0.25) is 0 Å². The van der Waals surface area contributed by atoms with Crippen LogP contribution in [-0.2, 0) is 11.2 Å².